The largest absolute Gasteiger partial charge is 0.460 e. The quantitative estimate of drug-likeness (QED) is 0.697. The highest BCUT2D eigenvalue weighted by molar-refractivity contribution is 5.87. The molecule has 4 heteroatoms. The summed E-state index contributed by atoms with van der Waals surface area (Å²) in [5.41, 5.74) is 1.70. The number of hydrogen-bond donors (Lipinski definition) is 0. The van der Waals surface area contributed by atoms with Gasteiger partial charge in [-0.3, -0.25) is 0 Å². The highest BCUT2D eigenvalue weighted by Crippen LogP contribution is 2.39. The van der Waals surface area contributed by atoms with Gasteiger partial charge in [0.25, 0.3) is 0 Å². The number of fused-ring (bicyclic) bond motifs is 3. The monoisotopic (exact) mass is 230 g/mol. The minimum Gasteiger partial charge on any atom is -0.460 e. The Balaban J connectivity index is 1.91. The second-order valence-electron chi connectivity index (χ2n) is 4.06. The van der Waals surface area contributed by atoms with Crippen molar-refractivity contribution in [3.05, 3.63) is 36.1 Å². The van der Waals surface area contributed by atoms with E-state index in [0.717, 1.165) is 16.5 Å². The van der Waals surface area contributed by atoms with Crippen LogP contribution < -0.4 is 4.74 Å². The molecular weight excluding hydrogens is 220 g/mol. The van der Waals surface area contributed by atoms with Crippen molar-refractivity contribution in [3.8, 4) is 5.75 Å². The number of furan rings is 1. The van der Waals surface area contributed by atoms with Gasteiger partial charge >= 0.3 is 5.97 Å². The highest BCUT2D eigenvalue weighted by Gasteiger charge is 2.40. The number of benzene rings is 1. The molecule has 0 unspecified atom stereocenters. The zero-order valence-electron chi connectivity index (χ0n) is 9.01. The fourth-order valence-electron chi connectivity index (χ4n) is 2.19. The van der Waals surface area contributed by atoms with E-state index >= 15 is 0 Å². The van der Waals surface area contributed by atoms with E-state index in [4.69, 9.17) is 18.6 Å². The summed E-state index contributed by atoms with van der Waals surface area (Å²) < 4.78 is 22.3. The fraction of sp³-hybridized carbons (Fsp3) is 0.231. The second kappa shape index (κ2) is 3.12. The predicted molar refractivity (Wildman–Crippen MR) is 60.5 cm³/mol. The van der Waals surface area contributed by atoms with Crippen LogP contribution in [0.25, 0.3) is 17.0 Å². The zero-order valence-corrected chi connectivity index (χ0v) is 9.01. The van der Waals surface area contributed by atoms with Crippen LogP contribution >= 0.6 is 0 Å². The van der Waals surface area contributed by atoms with Crippen LogP contribution in [0.4, 0.5) is 0 Å². The molecule has 2 aromatic rings. The molecule has 0 bridgehead atoms. The van der Waals surface area contributed by atoms with Crippen molar-refractivity contribution < 1.29 is 18.6 Å². The van der Waals surface area contributed by atoms with E-state index in [1.807, 2.05) is 24.3 Å². The topological polar surface area (TPSA) is 40.8 Å². The van der Waals surface area contributed by atoms with Crippen LogP contribution in [0.5, 0.6) is 5.75 Å². The van der Waals surface area contributed by atoms with Gasteiger partial charge in [0, 0.05) is 17.0 Å². The van der Waals surface area contributed by atoms with E-state index in [9.17, 15) is 0 Å². The molecule has 1 aromatic heterocycles. The summed E-state index contributed by atoms with van der Waals surface area (Å²) in [6.07, 6.45) is 5.37. The van der Waals surface area contributed by atoms with Gasteiger partial charge in [0.2, 0.25) is 0 Å². The van der Waals surface area contributed by atoms with E-state index in [-0.39, 0.29) is 0 Å². The van der Waals surface area contributed by atoms with Gasteiger partial charge in [0.05, 0.1) is 19.5 Å². The molecule has 0 radical (unpaired) electrons. The number of ether oxygens (including phenoxy) is 3. The molecule has 0 N–H and O–H groups in total. The summed E-state index contributed by atoms with van der Waals surface area (Å²) >= 11 is 0. The average Bonchev–Trinajstić information content (AvgIpc) is 2.98. The summed E-state index contributed by atoms with van der Waals surface area (Å²) in [4.78, 5) is 0. The molecule has 1 spiro atoms. The maximum atomic E-state index is 5.83. The van der Waals surface area contributed by atoms with Crippen molar-refractivity contribution in [1.29, 1.82) is 0 Å². The van der Waals surface area contributed by atoms with Gasteiger partial charge in [-0.05, 0) is 12.1 Å². The molecular formula is C13H10O4. The smallest absolute Gasteiger partial charge is 0.349 e. The Morgan fingerprint density at radius 3 is 2.82 bits per heavy atom. The normalized spacial score (nSPS) is 20.7. The van der Waals surface area contributed by atoms with Crippen LogP contribution in [0.3, 0.4) is 0 Å². The summed E-state index contributed by atoms with van der Waals surface area (Å²) in [6.45, 7) is 1.07. The van der Waals surface area contributed by atoms with E-state index in [1.165, 1.54) is 0 Å². The van der Waals surface area contributed by atoms with Gasteiger partial charge < -0.3 is 18.6 Å². The molecule has 4 rings (SSSR count). The lowest BCUT2D eigenvalue weighted by Crippen LogP contribution is -2.36. The lowest BCUT2D eigenvalue weighted by molar-refractivity contribution is -0.249. The van der Waals surface area contributed by atoms with Crippen molar-refractivity contribution in [3.63, 3.8) is 0 Å². The van der Waals surface area contributed by atoms with Crippen molar-refractivity contribution in [1.82, 2.24) is 0 Å². The molecule has 0 aliphatic carbocycles. The first-order valence-electron chi connectivity index (χ1n) is 5.53. The Bertz CT molecular complexity index is 605. The molecule has 17 heavy (non-hydrogen) atoms. The van der Waals surface area contributed by atoms with E-state index in [0.29, 0.717) is 19.0 Å². The van der Waals surface area contributed by atoms with E-state index in [1.54, 1.807) is 12.3 Å². The van der Waals surface area contributed by atoms with Gasteiger partial charge in [-0.1, -0.05) is 12.1 Å². The maximum absolute atomic E-state index is 5.83. The van der Waals surface area contributed by atoms with Crippen LogP contribution in [0.2, 0.25) is 0 Å². The molecule has 86 valence electrons. The minimum atomic E-state index is -1.06. The molecule has 2 aliphatic rings. The Kier molecular flexibility index (Phi) is 1.70. The van der Waals surface area contributed by atoms with Crippen LogP contribution in [-0.4, -0.2) is 19.2 Å². The highest BCUT2D eigenvalue weighted by atomic mass is 16.9. The summed E-state index contributed by atoms with van der Waals surface area (Å²) in [5.74, 6) is -0.384. The average molecular weight is 230 g/mol. The SMILES string of the molecule is C1=CC2(OCCO2)Oc2c1ccc1ccoc21. The van der Waals surface area contributed by atoms with Crippen molar-refractivity contribution in [2.24, 2.45) is 0 Å². The fourth-order valence-corrected chi connectivity index (χ4v) is 2.19. The van der Waals surface area contributed by atoms with Crippen molar-refractivity contribution >= 4 is 17.0 Å². The minimum absolute atomic E-state index is 0.536. The molecule has 1 fully saturated rings. The summed E-state index contributed by atoms with van der Waals surface area (Å²) in [6, 6.07) is 5.89. The van der Waals surface area contributed by atoms with E-state index < -0.39 is 5.97 Å². The third-order valence-electron chi connectivity index (χ3n) is 3.01. The van der Waals surface area contributed by atoms with Gasteiger partial charge in [0.15, 0.2) is 11.3 Å². The molecule has 4 nitrogen and oxygen atoms in total. The van der Waals surface area contributed by atoms with Gasteiger partial charge in [-0.25, -0.2) is 0 Å². The number of rotatable bonds is 0. The molecule has 0 amide bonds. The Labute approximate surface area is 97.4 Å². The molecule has 3 heterocycles. The molecule has 1 saturated heterocycles. The summed E-state index contributed by atoms with van der Waals surface area (Å²) in [5, 5.41) is 1.01. The van der Waals surface area contributed by atoms with Crippen LogP contribution in [0.15, 0.2) is 35.0 Å². The standard InChI is InChI=1S/C13H10O4/c1-2-10-4-6-14-11(10)12-9(1)3-5-13(17-12)15-7-8-16-13/h1-6H,7-8H2. The third-order valence-corrected chi connectivity index (χ3v) is 3.01. The molecule has 2 aliphatic heterocycles. The van der Waals surface area contributed by atoms with Gasteiger partial charge in [0.1, 0.15) is 0 Å². The van der Waals surface area contributed by atoms with Gasteiger partial charge in [-0.2, -0.15) is 0 Å². The first-order valence-corrected chi connectivity index (χ1v) is 5.53. The second-order valence-corrected chi connectivity index (χ2v) is 4.06. The third kappa shape index (κ3) is 1.25. The molecule has 0 atom stereocenters. The van der Waals surface area contributed by atoms with Crippen LogP contribution in [-0.2, 0) is 9.47 Å². The Hall–Kier alpha value is -1.78. The molecule has 0 saturated carbocycles. The zero-order chi connectivity index (χ0) is 11.3. The lowest BCUT2D eigenvalue weighted by Gasteiger charge is -2.28. The number of hydrogen-bond acceptors (Lipinski definition) is 4. The maximum Gasteiger partial charge on any atom is 0.349 e. The molecule has 1 aromatic carbocycles. The Morgan fingerprint density at radius 1 is 1.06 bits per heavy atom. The Morgan fingerprint density at radius 2 is 1.94 bits per heavy atom. The summed E-state index contributed by atoms with van der Waals surface area (Å²) in [7, 11) is 0. The first kappa shape index (κ1) is 9.27. The van der Waals surface area contributed by atoms with Crippen molar-refractivity contribution in [2.75, 3.05) is 13.2 Å². The van der Waals surface area contributed by atoms with Crippen molar-refractivity contribution in [2.45, 2.75) is 5.97 Å². The first-order chi connectivity index (χ1) is 8.36. The lowest BCUT2D eigenvalue weighted by atomic mass is 10.1. The van der Waals surface area contributed by atoms with Crippen LogP contribution in [0.1, 0.15) is 5.56 Å². The van der Waals surface area contributed by atoms with Crippen LogP contribution in [0, 0.1) is 0 Å². The predicted octanol–water partition coefficient (Wildman–Crippen LogP) is 2.54. The van der Waals surface area contributed by atoms with E-state index in [2.05, 4.69) is 0 Å². The van der Waals surface area contributed by atoms with Gasteiger partial charge in [-0.15, -0.1) is 0 Å².